The van der Waals surface area contributed by atoms with Crippen molar-refractivity contribution in [3.63, 3.8) is 0 Å². The van der Waals surface area contributed by atoms with Gasteiger partial charge in [0.05, 0.1) is 6.07 Å². The lowest BCUT2D eigenvalue weighted by molar-refractivity contribution is -0.117. The average Bonchev–Trinajstić information content (AvgIpc) is 3.66. The summed E-state index contributed by atoms with van der Waals surface area (Å²) >= 11 is 0. The van der Waals surface area contributed by atoms with Gasteiger partial charge in [-0.15, -0.1) is 0 Å². The molecule has 1 saturated carbocycles. The molecule has 2 heterocycles. The molecule has 2 amide bonds. The predicted molar refractivity (Wildman–Crippen MR) is 143 cm³/mol. The molecule has 1 saturated heterocycles. The summed E-state index contributed by atoms with van der Waals surface area (Å²) < 4.78 is 37.0. The van der Waals surface area contributed by atoms with Gasteiger partial charge in [-0.05, 0) is 69.7 Å². The molecule has 0 spiro atoms. The number of hydrogen-bond acceptors (Lipinski definition) is 7. The number of primary amides is 1. The maximum atomic E-state index is 12.4. The molecule has 1 unspecified atom stereocenters. The summed E-state index contributed by atoms with van der Waals surface area (Å²) in [4.78, 5) is 26.4. The maximum Gasteiger partial charge on any atom is 0.387 e. The summed E-state index contributed by atoms with van der Waals surface area (Å²) in [5.74, 6) is 0.0923. The van der Waals surface area contributed by atoms with E-state index in [9.17, 15) is 18.4 Å². The number of carbonyl (C=O) groups is 2. The zero-order valence-corrected chi connectivity index (χ0v) is 22.7. The summed E-state index contributed by atoms with van der Waals surface area (Å²) in [6.07, 6.45) is 8.17. The van der Waals surface area contributed by atoms with Crippen LogP contribution in [0, 0.1) is 17.2 Å². The van der Waals surface area contributed by atoms with Crippen LogP contribution in [0.4, 0.5) is 14.6 Å². The molecule has 2 aromatic rings. The van der Waals surface area contributed by atoms with Gasteiger partial charge >= 0.3 is 6.61 Å². The Morgan fingerprint density at radius 3 is 2.48 bits per heavy atom. The Hall–Kier alpha value is -3.72. The van der Waals surface area contributed by atoms with Gasteiger partial charge in [-0.1, -0.05) is 6.42 Å². The molecule has 1 aliphatic carbocycles. The molecule has 1 aromatic carbocycles. The van der Waals surface area contributed by atoms with E-state index in [1.165, 1.54) is 12.1 Å². The quantitative estimate of drug-likeness (QED) is 0.293. The molecule has 2 aliphatic rings. The van der Waals surface area contributed by atoms with Gasteiger partial charge in [0.15, 0.2) is 5.82 Å². The SMILES string of the molecule is CC1(Oc2ccc(OC(F)F)cc2)CN(C(CCCCC#N)CCCn2cc(C(N)=O)c(NC(=O)C3CC3)n2)C1. The molecule has 10 nitrogen and oxygen atoms in total. The first kappa shape index (κ1) is 29.3. The van der Waals surface area contributed by atoms with Crippen molar-refractivity contribution >= 4 is 17.6 Å². The second kappa shape index (κ2) is 13.1. The highest BCUT2D eigenvalue weighted by atomic mass is 19.3. The van der Waals surface area contributed by atoms with Crippen molar-refractivity contribution in [3.8, 4) is 17.6 Å². The molecule has 40 heavy (non-hydrogen) atoms. The minimum atomic E-state index is -2.87. The Bertz CT molecular complexity index is 1200. The fraction of sp³-hybridized carbons (Fsp3) is 0.571. The molecule has 216 valence electrons. The zero-order chi connectivity index (χ0) is 28.7. The van der Waals surface area contributed by atoms with Crippen molar-refractivity contribution in [2.45, 2.75) is 83.1 Å². The van der Waals surface area contributed by atoms with E-state index < -0.39 is 18.1 Å². The topological polar surface area (TPSA) is 136 Å². The summed E-state index contributed by atoms with van der Waals surface area (Å²) in [6.45, 7) is 1.12. The number of nitriles is 1. The lowest BCUT2D eigenvalue weighted by Gasteiger charge is -2.51. The average molecular weight is 559 g/mol. The number of hydrogen-bond donors (Lipinski definition) is 2. The van der Waals surface area contributed by atoms with E-state index in [1.54, 1.807) is 23.0 Å². The van der Waals surface area contributed by atoms with E-state index in [1.807, 2.05) is 6.92 Å². The molecule has 1 aromatic heterocycles. The number of nitrogens with one attached hydrogen (secondary N) is 1. The van der Waals surface area contributed by atoms with Crippen molar-refractivity contribution in [1.82, 2.24) is 14.7 Å². The highest BCUT2D eigenvalue weighted by molar-refractivity contribution is 6.02. The number of aryl methyl sites for hydroxylation is 1. The van der Waals surface area contributed by atoms with Gasteiger partial charge in [-0.25, -0.2) is 0 Å². The summed E-state index contributed by atoms with van der Waals surface area (Å²) in [5, 5.41) is 16.0. The Balaban J connectivity index is 1.31. The minimum absolute atomic E-state index is 0.0160. The molecule has 1 aliphatic heterocycles. The maximum absolute atomic E-state index is 12.4. The fourth-order valence-corrected chi connectivity index (χ4v) is 5.06. The van der Waals surface area contributed by atoms with Crippen LogP contribution in [-0.2, 0) is 11.3 Å². The largest absolute Gasteiger partial charge is 0.485 e. The Kier molecular flexibility index (Phi) is 9.58. The molecule has 0 radical (unpaired) electrons. The molecule has 4 rings (SSSR count). The normalized spacial score (nSPS) is 17.1. The number of aromatic nitrogens is 2. The molecule has 1 atom stereocenters. The third-order valence-corrected chi connectivity index (χ3v) is 7.22. The second-order valence-electron chi connectivity index (χ2n) is 10.8. The predicted octanol–water partition coefficient (Wildman–Crippen LogP) is 4.32. The molecule has 0 bridgehead atoms. The van der Waals surface area contributed by atoms with Crippen LogP contribution in [0.25, 0.3) is 0 Å². The van der Waals surface area contributed by atoms with Crippen LogP contribution in [0.3, 0.4) is 0 Å². The van der Waals surface area contributed by atoms with Gasteiger partial charge in [0, 0.05) is 44.2 Å². The van der Waals surface area contributed by atoms with Crippen LogP contribution < -0.4 is 20.5 Å². The van der Waals surface area contributed by atoms with Crippen molar-refractivity contribution in [3.05, 3.63) is 36.0 Å². The van der Waals surface area contributed by atoms with Crippen LogP contribution in [0.15, 0.2) is 30.5 Å². The number of benzene rings is 1. The van der Waals surface area contributed by atoms with E-state index in [0.717, 1.165) is 44.9 Å². The number of nitrogens with two attached hydrogens (primary N) is 1. The van der Waals surface area contributed by atoms with Gasteiger partial charge in [0.2, 0.25) is 5.91 Å². The Labute approximate surface area is 232 Å². The van der Waals surface area contributed by atoms with Crippen LogP contribution in [0.1, 0.15) is 68.6 Å². The highest BCUT2D eigenvalue weighted by Crippen LogP contribution is 2.33. The van der Waals surface area contributed by atoms with Crippen LogP contribution >= 0.6 is 0 Å². The number of rotatable bonds is 16. The van der Waals surface area contributed by atoms with Crippen molar-refractivity contribution in [2.24, 2.45) is 11.7 Å². The monoisotopic (exact) mass is 558 g/mol. The highest BCUT2D eigenvalue weighted by Gasteiger charge is 2.43. The van der Waals surface area contributed by atoms with Crippen molar-refractivity contribution < 1.29 is 27.8 Å². The van der Waals surface area contributed by atoms with E-state index >= 15 is 0 Å². The molecular formula is C28H36F2N6O4. The number of unbranched alkanes of at least 4 members (excludes halogenated alkanes) is 2. The van der Waals surface area contributed by atoms with Gasteiger partial charge < -0.3 is 20.5 Å². The lowest BCUT2D eigenvalue weighted by Crippen LogP contribution is -2.65. The minimum Gasteiger partial charge on any atom is -0.485 e. The van der Waals surface area contributed by atoms with Gasteiger partial charge in [-0.3, -0.25) is 19.2 Å². The number of anilines is 1. The first-order valence-corrected chi connectivity index (χ1v) is 13.7. The fourth-order valence-electron chi connectivity index (χ4n) is 5.06. The number of amides is 2. The van der Waals surface area contributed by atoms with Crippen LogP contribution in [-0.4, -0.2) is 57.8 Å². The van der Waals surface area contributed by atoms with E-state index in [2.05, 4.69) is 26.1 Å². The first-order chi connectivity index (χ1) is 19.2. The van der Waals surface area contributed by atoms with Crippen molar-refractivity contribution in [1.29, 1.82) is 5.26 Å². The Morgan fingerprint density at radius 2 is 1.85 bits per heavy atom. The smallest absolute Gasteiger partial charge is 0.387 e. The van der Waals surface area contributed by atoms with E-state index in [0.29, 0.717) is 31.8 Å². The van der Waals surface area contributed by atoms with E-state index in [4.69, 9.17) is 15.7 Å². The number of ether oxygens (including phenoxy) is 2. The molecular weight excluding hydrogens is 522 g/mol. The number of nitrogens with zero attached hydrogens (tertiary/aromatic N) is 4. The zero-order valence-electron chi connectivity index (χ0n) is 22.7. The summed E-state index contributed by atoms with van der Waals surface area (Å²) in [6, 6.07) is 8.63. The third-order valence-electron chi connectivity index (χ3n) is 7.22. The second-order valence-corrected chi connectivity index (χ2v) is 10.8. The van der Waals surface area contributed by atoms with Crippen LogP contribution in [0.5, 0.6) is 11.5 Å². The summed E-state index contributed by atoms with van der Waals surface area (Å²) in [7, 11) is 0. The number of likely N-dealkylation sites (tertiary alicyclic amines) is 1. The lowest BCUT2D eigenvalue weighted by atomic mass is 9.90. The number of carbonyl (C=O) groups excluding carboxylic acids is 2. The summed E-state index contributed by atoms with van der Waals surface area (Å²) in [5.41, 5.74) is 5.29. The van der Waals surface area contributed by atoms with Gasteiger partial charge in [0.1, 0.15) is 22.7 Å². The molecule has 12 heteroatoms. The first-order valence-electron chi connectivity index (χ1n) is 13.7. The van der Waals surface area contributed by atoms with Gasteiger partial charge in [0.25, 0.3) is 5.91 Å². The number of alkyl halides is 2. The van der Waals surface area contributed by atoms with Gasteiger partial charge in [-0.2, -0.15) is 19.1 Å². The standard InChI is InChI=1S/C28H36F2N6O4/c1-28(40-22-12-10-21(11-13-22)39-27(29)30)17-35(18-28)20(6-3-2-4-14-31)7-5-15-36-16-23(24(32)37)25(34-36)33-26(38)19-8-9-19/h10-13,16,19-20,27H,2-9,15,17-18H2,1H3,(H2,32,37)(H,33,34,38). The Morgan fingerprint density at radius 1 is 1.18 bits per heavy atom. The van der Waals surface area contributed by atoms with E-state index in [-0.39, 0.29) is 35.0 Å². The third kappa shape index (κ3) is 8.14. The van der Waals surface area contributed by atoms with Crippen LogP contribution in [0.2, 0.25) is 0 Å². The van der Waals surface area contributed by atoms with Crippen molar-refractivity contribution in [2.75, 3.05) is 18.4 Å². The number of halogens is 2. The molecule has 2 fully saturated rings. The molecule has 3 N–H and O–H groups in total.